The van der Waals surface area contributed by atoms with Crippen molar-refractivity contribution in [3.8, 4) is 17.4 Å². The molecule has 1 aromatic carbocycles. The van der Waals surface area contributed by atoms with Gasteiger partial charge in [0.2, 0.25) is 0 Å². The Morgan fingerprint density at radius 1 is 1.26 bits per heavy atom. The van der Waals surface area contributed by atoms with Gasteiger partial charge >= 0.3 is 5.97 Å². The zero-order valence-corrected chi connectivity index (χ0v) is 12.7. The third kappa shape index (κ3) is 2.96. The first-order valence-electron chi connectivity index (χ1n) is 7.02. The Morgan fingerprint density at radius 2 is 2.09 bits per heavy atom. The van der Waals surface area contributed by atoms with Gasteiger partial charge in [0.25, 0.3) is 5.89 Å². The highest BCUT2D eigenvalue weighted by Gasteiger charge is 2.15. The van der Waals surface area contributed by atoms with Crippen molar-refractivity contribution in [2.45, 2.75) is 20.5 Å². The van der Waals surface area contributed by atoms with E-state index in [-0.39, 0.29) is 12.2 Å². The molecular weight excluding hydrogens is 298 g/mol. The SMILES string of the molecule is Cc1oc(-c2ccco2)nc1COc1cccc(C(=O)O)c1C. The van der Waals surface area contributed by atoms with E-state index in [0.717, 1.165) is 0 Å². The first kappa shape index (κ1) is 14.9. The van der Waals surface area contributed by atoms with Crippen LogP contribution in [0.25, 0.3) is 11.7 Å². The quantitative estimate of drug-likeness (QED) is 0.770. The van der Waals surface area contributed by atoms with Gasteiger partial charge in [0.05, 0.1) is 11.8 Å². The van der Waals surface area contributed by atoms with Crippen molar-refractivity contribution in [2.24, 2.45) is 0 Å². The van der Waals surface area contributed by atoms with Gasteiger partial charge in [0.15, 0.2) is 5.76 Å². The average molecular weight is 313 g/mol. The van der Waals surface area contributed by atoms with Crippen LogP contribution in [-0.2, 0) is 6.61 Å². The van der Waals surface area contributed by atoms with Gasteiger partial charge in [-0.2, -0.15) is 0 Å². The number of aromatic nitrogens is 1. The Morgan fingerprint density at radius 3 is 2.78 bits per heavy atom. The number of ether oxygens (including phenoxy) is 1. The van der Waals surface area contributed by atoms with Crippen molar-refractivity contribution in [1.82, 2.24) is 4.98 Å². The van der Waals surface area contributed by atoms with Crippen LogP contribution in [0, 0.1) is 13.8 Å². The third-order valence-corrected chi connectivity index (χ3v) is 3.50. The van der Waals surface area contributed by atoms with E-state index >= 15 is 0 Å². The van der Waals surface area contributed by atoms with Crippen LogP contribution in [0.3, 0.4) is 0 Å². The minimum atomic E-state index is -0.981. The molecule has 2 heterocycles. The second-order valence-electron chi connectivity index (χ2n) is 5.02. The number of furan rings is 1. The largest absolute Gasteiger partial charge is 0.487 e. The first-order valence-corrected chi connectivity index (χ1v) is 7.02. The molecule has 0 aliphatic rings. The van der Waals surface area contributed by atoms with Crippen LogP contribution in [0.15, 0.2) is 45.4 Å². The van der Waals surface area contributed by atoms with Crippen molar-refractivity contribution in [2.75, 3.05) is 0 Å². The summed E-state index contributed by atoms with van der Waals surface area (Å²) in [5, 5.41) is 9.14. The highest BCUT2D eigenvalue weighted by molar-refractivity contribution is 5.90. The molecule has 0 radical (unpaired) electrons. The molecule has 6 heteroatoms. The van der Waals surface area contributed by atoms with Gasteiger partial charge in [0.1, 0.15) is 23.8 Å². The lowest BCUT2D eigenvalue weighted by Crippen LogP contribution is -2.04. The van der Waals surface area contributed by atoms with E-state index in [1.807, 2.05) is 0 Å². The summed E-state index contributed by atoms with van der Waals surface area (Å²) >= 11 is 0. The van der Waals surface area contributed by atoms with Crippen molar-refractivity contribution in [3.63, 3.8) is 0 Å². The number of rotatable bonds is 5. The highest BCUT2D eigenvalue weighted by atomic mass is 16.5. The van der Waals surface area contributed by atoms with E-state index in [4.69, 9.17) is 18.7 Å². The molecule has 0 unspecified atom stereocenters. The molecule has 0 bridgehead atoms. The zero-order chi connectivity index (χ0) is 16.4. The van der Waals surface area contributed by atoms with Gasteiger partial charge in [-0.3, -0.25) is 0 Å². The average Bonchev–Trinajstić information content (AvgIpc) is 3.15. The van der Waals surface area contributed by atoms with E-state index in [0.29, 0.717) is 34.4 Å². The Kier molecular flexibility index (Phi) is 3.89. The number of benzene rings is 1. The van der Waals surface area contributed by atoms with Gasteiger partial charge < -0.3 is 18.7 Å². The maximum Gasteiger partial charge on any atom is 0.336 e. The molecule has 2 aromatic heterocycles. The summed E-state index contributed by atoms with van der Waals surface area (Å²) in [7, 11) is 0. The number of carbonyl (C=O) groups is 1. The second-order valence-corrected chi connectivity index (χ2v) is 5.02. The molecule has 0 spiro atoms. The Labute approximate surface area is 132 Å². The van der Waals surface area contributed by atoms with E-state index in [2.05, 4.69) is 4.98 Å². The number of aryl methyl sites for hydroxylation is 1. The number of oxazole rings is 1. The van der Waals surface area contributed by atoms with Gasteiger partial charge in [-0.05, 0) is 38.1 Å². The summed E-state index contributed by atoms with van der Waals surface area (Å²) in [6.07, 6.45) is 1.55. The normalized spacial score (nSPS) is 10.7. The Balaban J connectivity index is 1.79. The third-order valence-electron chi connectivity index (χ3n) is 3.50. The van der Waals surface area contributed by atoms with Crippen LogP contribution < -0.4 is 4.74 Å². The minimum Gasteiger partial charge on any atom is -0.487 e. The molecule has 3 rings (SSSR count). The van der Waals surface area contributed by atoms with Crippen molar-refractivity contribution >= 4 is 5.97 Å². The van der Waals surface area contributed by atoms with Crippen molar-refractivity contribution in [3.05, 3.63) is 59.2 Å². The van der Waals surface area contributed by atoms with Gasteiger partial charge in [-0.25, -0.2) is 9.78 Å². The standard InChI is InChI=1S/C17H15NO5/c1-10-12(17(19)20)5-3-6-14(10)22-9-13-11(2)23-16(18-13)15-7-4-8-21-15/h3-8H,9H2,1-2H3,(H,19,20). The predicted octanol–water partition coefficient (Wildman–Crippen LogP) is 3.83. The molecule has 23 heavy (non-hydrogen) atoms. The monoisotopic (exact) mass is 313 g/mol. The predicted molar refractivity (Wildman–Crippen MR) is 81.4 cm³/mol. The molecule has 1 N–H and O–H groups in total. The Hall–Kier alpha value is -3.02. The van der Waals surface area contributed by atoms with Gasteiger partial charge in [-0.15, -0.1) is 0 Å². The summed E-state index contributed by atoms with van der Waals surface area (Å²) in [4.78, 5) is 15.5. The zero-order valence-electron chi connectivity index (χ0n) is 12.7. The van der Waals surface area contributed by atoms with Crippen LogP contribution in [0.2, 0.25) is 0 Å². The summed E-state index contributed by atoms with van der Waals surface area (Å²) < 4.78 is 16.5. The molecule has 0 saturated heterocycles. The lowest BCUT2D eigenvalue weighted by atomic mass is 10.1. The molecule has 0 fully saturated rings. The van der Waals surface area contributed by atoms with Crippen LogP contribution in [0.5, 0.6) is 5.75 Å². The number of carboxylic acids is 1. The second kappa shape index (κ2) is 6.00. The molecule has 0 saturated carbocycles. The molecule has 0 aliphatic heterocycles. The van der Waals surface area contributed by atoms with Crippen molar-refractivity contribution in [1.29, 1.82) is 0 Å². The summed E-state index contributed by atoms with van der Waals surface area (Å²) in [5.41, 5.74) is 1.43. The molecule has 6 nitrogen and oxygen atoms in total. The van der Waals surface area contributed by atoms with Crippen LogP contribution in [-0.4, -0.2) is 16.1 Å². The van der Waals surface area contributed by atoms with Gasteiger partial charge in [0, 0.05) is 5.56 Å². The van der Waals surface area contributed by atoms with Crippen LogP contribution >= 0.6 is 0 Å². The maximum absolute atomic E-state index is 11.1. The maximum atomic E-state index is 11.1. The number of carboxylic acid groups (broad SMARTS) is 1. The fourth-order valence-electron chi connectivity index (χ4n) is 2.22. The lowest BCUT2D eigenvalue weighted by Gasteiger charge is -2.09. The summed E-state index contributed by atoms with van der Waals surface area (Å²) in [6, 6.07) is 8.43. The summed E-state index contributed by atoms with van der Waals surface area (Å²) in [6.45, 7) is 3.68. The van der Waals surface area contributed by atoms with E-state index in [9.17, 15) is 4.79 Å². The van der Waals surface area contributed by atoms with E-state index < -0.39 is 5.97 Å². The number of hydrogen-bond acceptors (Lipinski definition) is 5. The van der Waals surface area contributed by atoms with E-state index in [1.165, 1.54) is 0 Å². The molecule has 118 valence electrons. The summed E-state index contributed by atoms with van der Waals surface area (Å²) in [5.74, 6) is 1.09. The Bertz CT molecular complexity index is 833. The highest BCUT2D eigenvalue weighted by Crippen LogP contribution is 2.25. The molecule has 0 amide bonds. The number of hydrogen-bond donors (Lipinski definition) is 1. The molecule has 0 atom stereocenters. The van der Waals surface area contributed by atoms with Crippen molar-refractivity contribution < 1.29 is 23.5 Å². The topological polar surface area (TPSA) is 85.7 Å². The van der Waals surface area contributed by atoms with Crippen LogP contribution in [0.1, 0.15) is 27.4 Å². The fourth-order valence-corrected chi connectivity index (χ4v) is 2.22. The molecule has 3 aromatic rings. The van der Waals surface area contributed by atoms with E-state index in [1.54, 1.807) is 50.4 Å². The molecule has 0 aliphatic carbocycles. The number of aromatic carboxylic acids is 1. The molecular formula is C17H15NO5. The number of nitrogens with zero attached hydrogens (tertiary/aromatic N) is 1. The lowest BCUT2D eigenvalue weighted by molar-refractivity contribution is 0.0695. The van der Waals surface area contributed by atoms with Crippen LogP contribution in [0.4, 0.5) is 0 Å². The van der Waals surface area contributed by atoms with Gasteiger partial charge in [-0.1, -0.05) is 6.07 Å². The minimum absolute atomic E-state index is 0.181. The smallest absolute Gasteiger partial charge is 0.336 e. The first-order chi connectivity index (χ1) is 11.1. The fraction of sp³-hybridized carbons (Fsp3) is 0.176.